The number of para-hydroxylation sites is 1. The van der Waals surface area contributed by atoms with Crippen LogP contribution in [0.1, 0.15) is 34.3 Å². The van der Waals surface area contributed by atoms with Crippen molar-refractivity contribution in [2.24, 2.45) is 0 Å². The van der Waals surface area contributed by atoms with Crippen LogP contribution in [0.4, 0.5) is 0 Å². The maximum atomic E-state index is 13.4. The van der Waals surface area contributed by atoms with E-state index >= 15 is 0 Å². The maximum Gasteiger partial charge on any atom is 0.257 e. The van der Waals surface area contributed by atoms with Crippen molar-refractivity contribution in [1.29, 1.82) is 0 Å². The highest BCUT2D eigenvalue weighted by molar-refractivity contribution is 7.90. The van der Waals surface area contributed by atoms with E-state index < -0.39 is 15.4 Å². The number of hydrogen-bond donors (Lipinski definition) is 1. The summed E-state index contributed by atoms with van der Waals surface area (Å²) in [5.41, 5.74) is 1.54. The molecule has 7 nitrogen and oxygen atoms in total. The molecule has 38 heavy (non-hydrogen) atoms. The SMILES string of the molecule is COc1cc(CS(=O)(=O)c2cccc3cccnc23)ccc1C(=O)N1CCC(O)(Cc2ccccc2)CC1. The number of nitrogens with zero attached hydrogens (tertiary/aromatic N) is 2. The van der Waals surface area contributed by atoms with Crippen LogP contribution >= 0.6 is 0 Å². The smallest absolute Gasteiger partial charge is 0.257 e. The normalized spacial score (nSPS) is 15.4. The number of ether oxygens (including phenoxy) is 1. The van der Waals surface area contributed by atoms with Crippen LogP contribution in [0.2, 0.25) is 0 Å². The lowest BCUT2D eigenvalue weighted by Gasteiger charge is -2.38. The predicted octanol–water partition coefficient (Wildman–Crippen LogP) is 4.43. The number of carbonyl (C=O) groups is 1. The van der Waals surface area contributed by atoms with Gasteiger partial charge in [-0.25, -0.2) is 8.42 Å². The lowest BCUT2D eigenvalue weighted by Crippen LogP contribution is -2.47. The number of aliphatic hydroxyl groups is 1. The predicted molar refractivity (Wildman–Crippen MR) is 146 cm³/mol. The summed E-state index contributed by atoms with van der Waals surface area (Å²) in [6.07, 6.45) is 3.08. The standard InChI is InChI=1S/C30H30N2O5S/c1-37-26-19-23(21-38(35,36)27-11-5-9-24-10-6-16-31-28(24)27)12-13-25(26)29(33)32-17-14-30(34,15-18-32)20-22-7-3-2-4-8-22/h2-13,16,19,34H,14-15,17-18,20-21H2,1H3. The summed E-state index contributed by atoms with van der Waals surface area (Å²) < 4.78 is 32.1. The molecule has 0 atom stereocenters. The van der Waals surface area contributed by atoms with E-state index in [1.807, 2.05) is 42.5 Å². The Morgan fingerprint density at radius 1 is 0.974 bits per heavy atom. The van der Waals surface area contributed by atoms with E-state index in [0.717, 1.165) is 10.9 Å². The lowest BCUT2D eigenvalue weighted by atomic mass is 9.85. The molecular formula is C30H30N2O5S. The van der Waals surface area contributed by atoms with Crippen LogP contribution in [0.25, 0.3) is 10.9 Å². The zero-order valence-electron chi connectivity index (χ0n) is 21.2. The number of likely N-dealkylation sites (tertiary alicyclic amines) is 1. The highest BCUT2D eigenvalue weighted by Crippen LogP contribution is 2.30. The Bertz CT molecular complexity index is 1560. The van der Waals surface area contributed by atoms with Crippen molar-refractivity contribution >= 4 is 26.6 Å². The van der Waals surface area contributed by atoms with Gasteiger partial charge < -0.3 is 14.7 Å². The summed E-state index contributed by atoms with van der Waals surface area (Å²) >= 11 is 0. The molecule has 1 aliphatic rings. The first-order valence-corrected chi connectivity index (χ1v) is 14.2. The van der Waals surface area contributed by atoms with Gasteiger partial charge >= 0.3 is 0 Å². The van der Waals surface area contributed by atoms with Gasteiger partial charge in [0.15, 0.2) is 9.84 Å². The van der Waals surface area contributed by atoms with Gasteiger partial charge in [0.05, 0.1) is 34.4 Å². The van der Waals surface area contributed by atoms with E-state index in [1.165, 1.54) is 7.11 Å². The molecule has 0 radical (unpaired) electrons. The fraction of sp³-hybridized carbons (Fsp3) is 0.267. The molecule has 0 unspecified atom stereocenters. The van der Waals surface area contributed by atoms with Crippen LogP contribution in [-0.4, -0.2) is 55.1 Å². The van der Waals surface area contributed by atoms with Gasteiger partial charge in [0, 0.05) is 31.1 Å². The van der Waals surface area contributed by atoms with E-state index in [9.17, 15) is 18.3 Å². The zero-order chi connectivity index (χ0) is 26.8. The largest absolute Gasteiger partial charge is 0.496 e. The molecule has 4 aromatic rings. The van der Waals surface area contributed by atoms with E-state index in [1.54, 1.807) is 47.5 Å². The van der Waals surface area contributed by atoms with Gasteiger partial charge in [-0.2, -0.15) is 0 Å². The molecule has 0 bridgehead atoms. The van der Waals surface area contributed by atoms with E-state index in [4.69, 9.17) is 4.74 Å². The minimum Gasteiger partial charge on any atom is -0.496 e. The molecule has 1 aliphatic heterocycles. The zero-order valence-corrected chi connectivity index (χ0v) is 22.0. The molecule has 0 spiro atoms. The minimum absolute atomic E-state index is 0.172. The van der Waals surface area contributed by atoms with Crippen molar-refractivity contribution in [3.63, 3.8) is 0 Å². The van der Waals surface area contributed by atoms with Crippen molar-refractivity contribution in [1.82, 2.24) is 9.88 Å². The summed E-state index contributed by atoms with van der Waals surface area (Å²) in [6.45, 7) is 0.852. The molecule has 1 fully saturated rings. The number of sulfone groups is 1. The number of pyridine rings is 1. The van der Waals surface area contributed by atoms with Gasteiger partial charge in [0.25, 0.3) is 5.91 Å². The molecule has 0 aliphatic carbocycles. The maximum absolute atomic E-state index is 13.4. The number of benzene rings is 3. The van der Waals surface area contributed by atoms with Crippen LogP contribution in [0.5, 0.6) is 5.75 Å². The fourth-order valence-electron chi connectivity index (χ4n) is 5.08. The molecule has 1 saturated heterocycles. The number of aromatic nitrogens is 1. The lowest BCUT2D eigenvalue weighted by molar-refractivity contribution is -0.0162. The second kappa shape index (κ2) is 10.6. The Labute approximate surface area is 222 Å². The summed E-state index contributed by atoms with van der Waals surface area (Å²) in [5, 5.41) is 11.8. The molecule has 5 rings (SSSR count). The van der Waals surface area contributed by atoms with Gasteiger partial charge in [-0.3, -0.25) is 9.78 Å². The second-order valence-corrected chi connectivity index (χ2v) is 11.8. The van der Waals surface area contributed by atoms with Crippen LogP contribution < -0.4 is 4.74 Å². The average molecular weight is 531 g/mol. The monoisotopic (exact) mass is 530 g/mol. The summed E-state index contributed by atoms with van der Waals surface area (Å²) in [6, 6.07) is 23.4. The van der Waals surface area contributed by atoms with Gasteiger partial charge in [-0.05, 0) is 48.2 Å². The van der Waals surface area contributed by atoms with Crippen molar-refractivity contribution in [2.75, 3.05) is 20.2 Å². The third kappa shape index (κ3) is 5.42. The molecule has 1 amide bonds. The second-order valence-electron chi connectivity index (χ2n) is 9.80. The Kier molecular flexibility index (Phi) is 7.19. The molecule has 1 N–H and O–H groups in total. The number of methoxy groups -OCH3 is 1. The van der Waals surface area contributed by atoms with E-state index in [-0.39, 0.29) is 16.6 Å². The van der Waals surface area contributed by atoms with Crippen molar-refractivity contribution < 1.29 is 23.1 Å². The van der Waals surface area contributed by atoms with Crippen LogP contribution in [-0.2, 0) is 22.0 Å². The highest BCUT2D eigenvalue weighted by atomic mass is 32.2. The van der Waals surface area contributed by atoms with E-state index in [2.05, 4.69) is 4.98 Å². The van der Waals surface area contributed by atoms with Crippen molar-refractivity contribution in [3.8, 4) is 5.75 Å². The topological polar surface area (TPSA) is 96.8 Å². The molecule has 3 aromatic carbocycles. The first kappa shape index (κ1) is 25.9. The molecule has 0 saturated carbocycles. The number of carbonyl (C=O) groups excluding carboxylic acids is 1. The van der Waals surface area contributed by atoms with Crippen LogP contribution in [0.15, 0.2) is 90.0 Å². The van der Waals surface area contributed by atoms with Gasteiger partial charge in [-0.15, -0.1) is 0 Å². The summed E-state index contributed by atoms with van der Waals surface area (Å²) in [7, 11) is -2.23. The number of rotatable bonds is 7. The molecule has 1 aromatic heterocycles. The van der Waals surface area contributed by atoms with Gasteiger partial charge in [-0.1, -0.05) is 54.6 Å². The number of fused-ring (bicyclic) bond motifs is 1. The Morgan fingerprint density at radius 2 is 1.71 bits per heavy atom. The average Bonchev–Trinajstić information content (AvgIpc) is 2.93. The third-order valence-corrected chi connectivity index (χ3v) is 8.85. The quantitative estimate of drug-likeness (QED) is 0.380. The molecule has 8 heteroatoms. The first-order chi connectivity index (χ1) is 18.3. The third-order valence-electron chi connectivity index (χ3n) is 7.14. The molecule has 2 heterocycles. The van der Waals surface area contributed by atoms with E-state index in [0.29, 0.717) is 54.7 Å². The number of hydrogen-bond acceptors (Lipinski definition) is 6. The minimum atomic E-state index is -3.70. The van der Waals surface area contributed by atoms with Gasteiger partial charge in [0.1, 0.15) is 5.75 Å². The highest BCUT2D eigenvalue weighted by Gasteiger charge is 2.35. The summed E-state index contributed by atoms with van der Waals surface area (Å²) in [4.78, 5) is 19.5. The number of piperidine rings is 1. The number of amides is 1. The van der Waals surface area contributed by atoms with Crippen LogP contribution in [0, 0.1) is 0 Å². The molecular weight excluding hydrogens is 500 g/mol. The van der Waals surface area contributed by atoms with Crippen molar-refractivity contribution in [2.45, 2.75) is 35.5 Å². The Balaban J connectivity index is 1.31. The van der Waals surface area contributed by atoms with Crippen LogP contribution in [0.3, 0.4) is 0 Å². The molecule has 196 valence electrons. The van der Waals surface area contributed by atoms with Gasteiger partial charge in [0.2, 0.25) is 0 Å². The van der Waals surface area contributed by atoms with Crippen molar-refractivity contribution in [3.05, 3.63) is 102 Å². The first-order valence-electron chi connectivity index (χ1n) is 12.6. The summed E-state index contributed by atoms with van der Waals surface area (Å²) in [5.74, 6) is -0.121. The fourth-order valence-corrected chi connectivity index (χ4v) is 6.60. The Hall–Kier alpha value is -3.75. The Morgan fingerprint density at radius 3 is 2.45 bits per heavy atom.